The molecule has 1 aromatic rings. The number of pyridine rings is 1. The largest absolute Gasteiger partial charge is 0.356 e. The van der Waals surface area contributed by atoms with Gasteiger partial charge in [-0.15, -0.1) is 0 Å². The summed E-state index contributed by atoms with van der Waals surface area (Å²) in [4.78, 5) is 6.59. The van der Waals surface area contributed by atoms with Gasteiger partial charge in [0.2, 0.25) is 0 Å². The highest BCUT2D eigenvalue weighted by Crippen LogP contribution is 2.29. The Labute approximate surface area is 88.2 Å². The molecule has 0 aromatic carbocycles. The van der Waals surface area contributed by atoms with E-state index in [1.807, 2.05) is 12.3 Å². The van der Waals surface area contributed by atoms with E-state index in [1.165, 1.54) is 6.42 Å². The summed E-state index contributed by atoms with van der Waals surface area (Å²) in [5.41, 5.74) is 0. The Morgan fingerprint density at radius 2 is 2.08 bits per heavy atom. The lowest BCUT2D eigenvalue weighted by Gasteiger charge is -2.32. The van der Waals surface area contributed by atoms with Crippen molar-refractivity contribution < 1.29 is 0 Å². The van der Waals surface area contributed by atoms with Gasteiger partial charge in [0.15, 0.2) is 0 Å². The summed E-state index contributed by atoms with van der Waals surface area (Å²) < 4.78 is 2.08. The minimum absolute atomic E-state index is 1.01. The van der Waals surface area contributed by atoms with Gasteiger partial charge >= 0.3 is 0 Å². The van der Waals surface area contributed by atoms with Crippen molar-refractivity contribution in [3.05, 3.63) is 21.2 Å². The third kappa shape index (κ3) is 1.50. The van der Waals surface area contributed by atoms with Crippen molar-refractivity contribution in [2.45, 2.75) is 6.42 Å². The molecule has 1 saturated heterocycles. The van der Waals surface area contributed by atoms with Crippen LogP contribution in [0, 0.1) is 0 Å². The van der Waals surface area contributed by atoms with E-state index in [0.717, 1.165) is 27.9 Å². The third-order valence-corrected chi connectivity index (χ3v) is 2.96. The van der Waals surface area contributed by atoms with E-state index in [-0.39, 0.29) is 0 Å². The van der Waals surface area contributed by atoms with E-state index < -0.39 is 0 Å². The van der Waals surface area contributed by atoms with Crippen molar-refractivity contribution in [3.8, 4) is 0 Å². The topological polar surface area (TPSA) is 16.1 Å². The molecule has 1 aliphatic heterocycles. The maximum Gasteiger partial charge on any atom is 0.142 e. The van der Waals surface area contributed by atoms with E-state index in [0.29, 0.717) is 0 Å². The molecule has 0 aliphatic carbocycles. The van der Waals surface area contributed by atoms with E-state index >= 15 is 0 Å². The molecule has 2 heterocycles. The lowest BCUT2D eigenvalue weighted by atomic mass is 10.2. The first-order valence-corrected chi connectivity index (χ1v) is 5.42. The van der Waals surface area contributed by atoms with Crippen molar-refractivity contribution in [2.75, 3.05) is 18.0 Å². The van der Waals surface area contributed by atoms with Crippen molar-refractivity contribution in [2.24, 2.45) is 0 Å². The number of nitrogens with zero attached hydrogens (tertiary/aromatic N) is 2. The van der Waals surface area contributed by atoms with Crippen LogP contribution in [-0.4, -0.2) is 18.1 Å². The van der Waals surface area contributed by atoms with Crippen molar-refractivity contribution >= 4 is 37.7 Å². The Morgan fingerprint density at radius 3 is 2.58 bits per heavy atom. The molecule has 2 rings (SSSR count). The van der Waals surface area contributed by atoms with Crippen LogP contribution in [0.3, 0.4) is 0 Å². The van der Waals surface area contributed by atoms with Crippen LogP contribution in [0.25, 0.3) is 0 Å². The summed E-state index contributed by atoms with van der Waals surface area (Å²) in [6.07, 6.45) is 3.11. The molecule has 0 spiro atoms. The van der Waals surface area contributed by atoms with Crippen LogP contribution < -0.4 is 4.90 Å². The highest BCUT2D eigenvalue weighted by molar-refractivity contribution is 9.11. The Morgan fingerprint density at radius 1 is 1.33 bits per heavy atom. The number of aromatic nitrogens is 1. The summed E-state index contributed by atoms with van der Waals surface area (Å²) >= 11 is 6.86. The summed E-state index contributed by atoms with van der Waals surface area (Å²) in [6.45, 7) is 2.26. The smallest absolute Gasteiger partial charge is 0.142 e. The quantitative estimate of drug-likeness (QED) is 0.791. The zero-order valence-corrected chi connectivity index (χ0v) is 9.60. The number of hydrogen-bond acceptors (Lipinski definition) is 2. The van der Waals surface area contributed by atoms with E-state index in [1.54, 1.807) is 0 Å². The van der Waals surface area contributed by atoms with E-state index in [2.05, 4.69) is 41.7 Å². The van der Waals surface area contributed by atoms with Gasteiger partial charge < -0.3 is 4.90 Å². The van der Waals surface area contributed by atoms with Gasteiger partial charge in [0, 0.05) is 23.8 Å². The van der Waals surface area contributed by atoms with Gasteiger partial charge in [0.05, 0.1) is 4.47 Å². The molecule has 1 aromatic heterocycles. The fraction of sp³-hybridized carbons (Fsp3) is 0.375. The molecule has 1 aliphatic rings. The SMILES string of the molecule is Brc1cnc(N2CCC2)c(Br)c1. The van der Waals surface area contributed by atoms with Crippen molar-refractivity contribution in [1.29, 1.82) is 0 Å². The maximum atomic E-state index is 4.33. The Balaban J connectivity index is 2.31. The Hall–Kier alpha value is -0.0900. The third-order valence-electron chi connectivity index (χ3n) is 1.94. The predicted molar refractivity (Wildman–Crippen MR) is 56.5 cm³/mol. The Kier molecular flexibility index (Phi) is 2.37. The molecule has 0 bridgehead atoms. The van der Waals surface area contributed by atoms with E-state index in [4.69, 9.17) is 0 Å². The molecule has 0 amide bonds. The van der Waals surface area contributed by atoms with Crippen LogP contribution in [0.1, 0.15) is 6.42 Å². The molecule has 2 nitrogen and oxygen atoms in total. The zero-order valence-electron chi connectivity index (χ0n) is 6.43. The van der Waals surface area contributed by atoms with Crippen LogP contribution in [0.4, 0.5) is 5.82 Å². The Bertz CT molecular complexity index is 297. The van der Waals surface area contributed by atoms with E-state index in [9.17, 15) is 0 Å². The summed E-state index contributed by atoms with van der Waals surface area (Å²) in [6, 6.07) is 2.03. The predicted octanol–water partition coefficient (Wildman–Crippen LogP) is 2.82. The highest BCUT2D eigenvalue weighted by Gasteiger charge is 2.17. The average Bonchev–Trinajstić information content (AvgIpc) is 1.91. The molecule has 12 heavy (non-hydrogen) atoms. The van der Waals surface area contributed by atoms with Gasteiger partial charge in [-0.05, 0) is 44.3 Å². The summed E-state index contributed by atoms with van der Waals surface area (Å²) in [7, 11) is 0. The number of halogens is 2. The normalized spacial score (nSPS) is 16.0. The van der Waals surface area contributed by atoms with Gasteiger partial charge in [0.25, 0.3) is 0 Å². The van der Waals surface area contributed by atoms with Gasteiger partial charge in [-0.1, -0.05) is 0 Å². The van der Waals surface area contributed by atoms with Gasteiger partial charge in [-0.2, -0.15) is 0 Å². The number of hydrogen-bond donors (Lipinski definition) is 0. The van der Waals surface area contributed by atoms with Gasteiger partial charge in [-0.25, -0.2) is 4.98 Å². The molecular formula is C8H8Br2N2. The minimum atomic E-state index is 1.01. The van der Waals surface area contributed by atoms with Gasteiger partial charge in [0.1, 0.15) is 5.82 Å². The summed E-state index contributed by atoms with van der Waals surface area (Å²) in [5.74, 6) is 1.06. The number of anilines is 1. The fourth-order valence-electron chi connectivity index (χ4n) is 1.17. The second-order valence-electron chi connectivity index (χ2n) is 2.80. The highest BCUT2D eigenvalue weighted by atomic mass is 79.9. The van der Waals surface area contributed by atoms with Crippen molar-refractivity contribution in [1.82, 2.24) is 4.98 Å². The van der Waals surface area contributed by atoms with Crippen LogP contribution in [0.2, 0.25) is 0 Å². The molecule has 4 heteroatoms. The molecule has 0 N–H and O–H groups in total. The zero-order chi connectivity index (χ0) is 8.55. The maximum absolute atomic E-state index is 4.33. The standard InChI is InChI=1S/C8H8Br2N2/c9-6-4-7(10)8(11-5-6)12-2-1-3-12/h4-5H,1-3H2. The fourth-order valence-corrected chi connectivity index (χ4v) is 2.41. The lowest BCUT2D eigenvalue weighted by molar-refractivity contribution is 0.608. The minimum Gasteiger partial charge on any atom is -0.356 e. The first-order chi connectivity index (χ1) is 5.77. The molecule has 0 unspecified atom stereocenters. The van der Waals surface area contributed by atoms with Gasteiger partial charge in [-0.3, -0.25) is 0 Å². The second-order valence-corrected chi connectivity index (χ2v) is 4.57. The molecule has 1 fully saturated rings. The molecule has 0 atom stereocenters. The van der Waals surface area contributed by atoms with Crippen LogP contribution in [-0.2, 0) is 0 Å². The molecule has 0 saturated carbocycles. The number of rotatable bonds is 1. The second kappa shape index (κ2) is 3.34. The molecular weight excluding hydrogens is 284 g/mol. The first-order valence-electron chi connectivity index (χ1n) is 3.83. The molecule has 0 radical (unpaired) electrons. The van der Waals surface area contributed by atoms with Crippen molar-refractivity contribution in [3.63, 3.8) is 0 Å². The van der Waals surface area contributed by atoms with Crippen LogP contribution >= 0.6 is 31.9 Å². The monoisotopic (exact) mass is 290 g/mol. The first kappa shape index (κ1) is 8.51. The lowest BCUT2D eigenvalue weighted by Crippen LogP contribution is -2.37. The van der Waals surface area contributed by atoms with Crippen LogP contribution in [0.15, 0.2) is 21.2 Å². The van der Waals surface area contributed by atoms with Crippen LogP contribution in [0.5, 0.6) is 0 Å². The molecule has 64 valence electrons. The summed E-state index contributed by atoms with van der Waals surface area (Å²) in [5, 5.41) is 0. The average molecular weight is 292 g/mol.